The van der Waals surface area contributed by atoms with E-state index in [0.29, 0.717) is 6.47 Å². The molecule has 0 aromatic heterocycles. The van der Waals surface area contributed by atoms with Crippen molar-refractivity contribution in [2.24, 2.45) is 0 Å². The van der Waals surface area contributed by atoms with Crippen LogP contribution in [0.1, 0.15) is 11.7 Å². The minimum Gasteiger partial charge on any atom is -0.435 e. The molecule has 1 saturated heterocycles. The van der Waals surface area contributed by atoms with Crippen LogP contribution in [0.2, 0.25) is 0 Å². The Morgan fingerprint density at radius 2 is 2.08 bits per heavy atom. The van der Waals surface area contributed by atoms with Gasteiger partial charge >= 0.3 is 0 Å². The van der Waals surface area contributed by atoms with E-state index in [1.54, 1.807) is 0 Å². The SMILES string of the molecule is O=CO[C@H]1O[C@@H]1c1ccccc1. The Morgan fingerprint density at radius 3 is 2.75 bits per heavy atom. The number of hydrogen-bond acceptors (Lipinski definition) is 3. The zero-order valence-electron chi connectivity index (χ0n) is 6.34. The molecule has 2 rings (SSSR count). The molecule has 1 aliphatic rings. The zero-order valence-corrected chi connectivity index (χ0v) is 6.34. The molecule has 0 N–H and O–H groups in total. The molecule has 3 nitrogen and oxygen atoms in total. The van der Waals surface area contributed by atoms with Crippen LogP contribution in [0.15, 0.2) is 30.3 Å². The molecule has 3 heteroatoms. The van der Waals surface area contributed by atoms with Crippen molar-refractivity contribution >= 4 is 6.47 Å². The molecule has 0 saturated carbocycles. The van der Waals surface area contributed by atoms with Crippen molar-refractivity contribution in [3.63, 3.8) is 0 Å². The summed E-state index contributed by atoms with van der Waals surface area (Å²) in [6.45, 7) is 0.410. The number of ether oxygens (including phenoxy) is 2. The van der Waals surface area contributed by atoms with Crippen molar-refractivity contribution < 1.29 is 14.3 Å². The molecule has 1 aliphatic heterocycles. The van der Waals surface area contributed by atoms with Gasteiger partial charge < -0.3 is 9.47 Å². The molecule has 0 aliphatic carbocycles. The first kappa shape index (κ1) is 7.31. The molecular weight excluding hydrogens is 156 g/mol. The molecule has 1 aromatic rings. The average Bonchev–Trinajstić information content (AvgIpc) is 2.87. The zero-order chi connectivity index (χ0) is 8.39. The third-order valence-electron chi connectivity index (χ3n) is 1.77. The van der Waals surface area contributed by atoms with E-state index in [2.05, 4.69) is 4.74 Å². The topological polar surface area (TPSA) is 38.8 Å². The largest absolute Gasteiger partial charge is 0.435 e. The van der Waals surface area contributed by atoms with Gasteiger partial charge in [0.25, 0.3) is 6.47 Å². The minimum absolute atomic E-state index is 0.0589. The third kappa shape index (κ3) is 1.31. The Balaban J connectivity index is 2.01. The van der Waals surface area contributed by atoms with Crippen molar-refractivity contribution in [2.45, 2.75) is 12.4 Å². The summed E-state index contributed by atoms with van der Waals surface area (Å²) in [5, 5.41) is 0. The van der Waals surface area contributed by atoms with Gasteiger partial charge in [0.05, 0.1) is 0 Å². The Labute approximate surface area is 69.9 Å². The van der Waals surface area contributed by atoms with E-state index in [1.165, 1.54) is 0 Å². The van der Waals surface area contributed by atoms with Gasteiger partial charge in [-0.3, -0.25) is 4.79 Å². The molecule has 1 aromatic carbocycles. The second-order valence-electron chi connectivity index (χ2n) is 2.57. The van der Waals surface area contributed by atoms with E-state index in [4.69, 9.17) is 4.74 Å². The quantitative estimate of drug-likeness (QED) is 0.498. The lowest BCUT2D eigenvalue weighted by atomic mass is 10.2. The van der Waals surface area contributed by atoms with Gasteiger partial charge in [-0.1, -0.05) is 30.3 Å². The van der Waals surface area contributed by atoms with E-state index in [-0.39, 0.29) is 12.4 Å². The first-order valence-corrected chi connectivity index (χ1v) is 3.71. The van der Waals surface area contributed by atoms with Crippen molar-refractivity contribution in [1.29, 1.82) is 0 Å². The summed E-state index contributed by atoms with van der Waals surface area (Å²) in [6.07, 6.45) is -0.429. The average molecular weight is 164 g/mol. The fourth-order valence-electron chi connectivity index (χ4n) is 1.14. The van der Waals surface area contributed by atoms with Crippen LogP contribution in [0.4, 0.5) is 0 Å². The van der Waals surface area contributed by atoms with Crippen LogP contribution >= 0.6 is 0 Å². The first-order chi connectivity index (χ1) is 5.92. The molecule has 1 fully saturated rings. The van der Waals surface area contributed by atoms with Gasteiger partial charge in [-0.05, 0) is 5.56 Å². The van der Waals surface area contributed by atoms with Gasteiger partial charge in [-0.15, -0.1) is 0 Å². The van der Waals surface area contributed by atoms with Crippen molar-refractivity contribution in [3.05, 3.63) is 35.9 Å². The van der Waals surface area contributed by atoms with Gasteiger partial charge in [-0.2, -0.15) is 0 Å². The number of hydrogen-bond donors (Lipinski definition) is 0. The highest BCUT2D eigenvalue weighted by molar-refractivity contribution is 5.38. The van der Waals surface area contributed by atoms with E-state index >= 15 is 0 Å². The highest BCUT2D eigenvalue weighted by Gasteiger charge is 2.42. The lowest BCUT2D eigenvalue weighted by molar-refractivity contribution is -0.133. The smallest absolute Gasteiger partial charge is 0.295 e. The number of rotatable bonds is 3. The highest BCUT2D eigenvalue weighted by atomic mass is 16.8. The number of carbonyl (C=O) groups is 1. The molecule has 1 heterocycles. The summed E-state index contributed by atoms with van der Waals surface area (Å²) in [5.41, 5.74) is 1.05. The number of epoxide rings is 1. The predicted molar refractivity (Wildman–Crippen MR) is 41.2 cm³/mol. The van der Waals surface area contributed by atoms with Crippen LogP contribution in [0.3, 0.4) is 0 Å². The second kappa shape index (κ2) is 2.95. The van der Waals surface area contributed by atoms with Crippen LogP contribution < -0.4 is 0 Å². The number of benzene rings is 1. The molecule has 0 spiro atoms. The number of carbonyl (C=O) groups excluding carboxylic acids is 1. The lowest BCUT2D eigenvalue weighted by Crippen LogP contribution is -1.93. The summed E-state index contributed by atoms with van der Waals surface area (Å²) in [5.74, 6) is 0. The van der Waals surface area contributed by atoms with Crippen molar-refractivity contribution in [2.75, 3.05) is 0 Å². The molecule has 62 valence electrons. The lowest BCUT2D eigenvalue weighted by Gasteiger charge is -1.92. The Morgan fingerprint density at radius 1 is 1.33 bits per heavy atom. The van der Waals surface area contributed by atoms with Gasteiger partial charge in [0.2, 0.25) is 6.29 Å². The molecular formula is C9H8O3. The van der Waals surface area contributed by atoms with Crippen molar-refractivity contribution in [1.82, 2.24) is 0 Å². The minimum atomic E-state index is -0.370. The molecule has 0 radical (unpaired) electrons. The van der Waals surface area contributed by atoms with E-state index in [1.807, 2.05) is 30.3 Å². The van der Waals surface area contributed by atoms with E-state index in [9.17, 15) is 4.79 Å². The van der Waals surface area contributed by atoms with Gasteiger partial charge in [0, 0.05) is 0 Å². The molecule has 0 unspecified atom stereocenters. The summed E-state index contributed by atoms with van der Waals surface area (Å²) < 4.78 is 9.71. The van der Waals surface area contributed by atoms with E-state index < -0.39 is 0 Å². The van der Waals surface area contributed by atoms with Crippen molar-refractivity contribution in [3.8, 4) is 0 Å². The first-order valence-electron chi connectivity index (χ1n) is 3.71. The maximum absolute atomic E-state index is 9.93. The maximum Gasteiger partial charge on any atom is 0.295 e. The molecule has 0 amide bonds. The molecule has 12 heavy (non-hydrogen) atoms. The summed E-state index contributed by atoms with van der Waals surface area (Å²) in [7, 11) is 0. The van der Waals surface area contributed by atoms with Crippen LogP contribution in [0, 0.1) is 0 Å². The van der Waals surface area contributed by atoms with Crippen LogP contribution in [0.25, 0.3) is 0 Å². The van der Waals surface area contributed by atoms with Gasteiger partial charge in [0.1, 0.15) is 6.10 Å². The van der Waals surface area contributed by atoms with Gasteiger partial charge in [-0.25, -0.2) is 0 Å². The van der Waals surface area contributed by atoms with Gasteiger partial charge in [0.15, 0.2) is 0 Å². The highest BCUT2D eigenvalue weighted by Crippen LogP contribution is 2.38. The fourth-order valence-corrected chi connectivity index (χ4v) is 1.14. The Bertz CT molecular complexity index is 270. The van der Waals surface area contributed by atoms with E-state index in [0.717, 1.165) is 5.56 Å². The normalized spacial score (nSPS) is 26.3. The van der Waals surface area contributed by atoms with Crippen LogP contribution in [-0.4, -0.2) is 12.8 Å². The van der Waals surface area contributed by atoms with Crippen LogP contribution in [0.5, 0.6) is 0 Å². The molecule has 0 bridgehead atoms. The summed E-state index contributed by atoms with van der Waals surface area (Å²) in [4.78, 5) is 9.93. The summed E-state index contributed by atoms with van der Waals surface area (Å²) in [6, 6.07) is 9.67. The Kier molecular flexibility index (Phi) is 1.80. The maximum atomic E-state index is 9.93. The second-order valence-corrected chi connectivity index (χ2v) is 2.57. The Hall–Kier alpha value is -1.35. The third-order valence-corrected chi connectivity index (χ3v) is 1.77. The standard InChI is InChI=1S/C9H8O3/c10-6-11-9-8(12-9)7-4-2-1-3-5-7/h1-6,8-9H/t8-,9+/m1/s1. The summed E-state index contributed by atoms with van der Waals surface area (Å²) >= 11 is 0. The van der Waals surface area contributed by atoms with Crippen LogP contribution in [-0.2, 0) is 14.3 Å². The monoisotopic (exact) mass is 164 g/mol. The molecule has 2 atom stereocenters. The predicted octanol–water partition coefficient (Wildman–Crippen LogP) is 1.26. The fraction of sp³-hybridized carbons (Fsp3) is 0.222.